The Bertz CT molecular complexity index is 824. The molecule has 0 bridgehead atoms. The summed E-state index contributed by atoms with van der Waals surface area (Å²) in [6.45, 7) is 0.344. The van der Waals surface area contributed by atoms with Gasteiger partial charge in [-0.1, -0.05) is 0 Å². The second-order valence-corrected chi connectivity index (χ2v) is 6.00. The van der Waals surface area contributed by atoms with E-state index in [0.717, 1.165) is 12.1 Å². The molecule has 0 radical (unpaired) electrons. The number of nitrogens with one attached hydrogen (secondary N) is 1. The van der Waals surface area contributed by atoms with E-state index in [-0.39, 0.29) is 11.5 Å². The Morgan fingerprint density at radius 2 is 1.88 bits per heavy atom. The smallest absolute Gasteiger partial charge is 0.257 e. The van der Waals surface area contributed by atoms with Crippen LogP contribution in [-0.2, 0) is 4.79 Å². The van der Waals surface area contributed by atoms with Gasteiger partial charge in [0.15, 0.2) is 0 Å². The average Bonchev–Trinajstić information content (AvgIpc) is 3.12. The zero-order chi connectivity index (χ0) is 18.7. The molecular weight excluding hydrogens is 342 g/mol. The minimum absolute atomic E-state index is 0.240. The van der Waals surface area contributed by atoms with Gasteiger partial charge in [0.25, 0.3) is 5.91 Å². The number of nitrogens with zero attached hydrogens (tertiary/aromatic N) is 1. The highest BCUT2D eigenvalue weighted by atomic mass is 19.1. The number of amides is 2. The van der Waals surface area contributed by atoms with Crippen molar-refractivity contribution in [3.05, 3.63) is 59.7 Å². The first-order valence-electron chi connectivity index (χ1n) is 8.20. The van der Waals surface area contributed by atoms with Gasteiger partial charge in [0.05, 0.1) is 12.7 Å². The molecule has 1 fully saturated rings. The number of likely N-dealkylation sites (tertiary alicyclic amines) is 1. The van der Waals surface area contributed by atoms with Crippen molar-refractivity contribution >= 4 is 17.5 Å². The highest BCUT2D eigenvalue weighted by Crippen LogP contribution is 2.23. The van der Waals surface area contributed by atoms with Crippen molar-refractivity contribution in [2.75, 3.05) is 19.0 Å². The van der Waals surface area contributed by atoms with Crippen molar-refractivity contribution in [3.8, 4) is 5.75 Å². The number of halogens is 2. The summed E-state index contributed by atoms with van der Waals surface area (Å²) in [6.07, 6.45) is 1.12. The fourth-order valence-electron chi connectivity index (χ4n) is 3.00. The van der Waals surface area contributed by atoms with Gasteiger partial charge in [-0.3, -0.25) is 9.59 Å². The van der Waals surface area contributed by atoms with Gasteiger partial charge in [-0.2, -0.15) is 0 Å². The number of ether oxygens (including phenoxy) is 1. The SMILES string of the molecule is COc1ccc(NC(=O)C2CCCN2C(=O)c2ccc(F)cc2F)cc1. The summed E-state index contributed by atoms with van der Waals surface area (Å²) in [5, 5.41) is 2.75. The van der Waals surface area contributed by atoms with E-state index >= 15 is 0 Å². The Balaban J connectivity index is 1.74. The van der Waals surface area contributed by atoms with Gasteiger partial charge in [0.2, 0.25) is 5.91 Å². The van der Waals surface area contributed by atoms with Crippen molar-refractivity contribution in [1.82, 2.24) is 4.90 Å². The van der Waals surface area contributed by atoms with Crippen molar-refractivity contribution in [3.63, 3.8) is 0 Å². The number of carbonyl (C=O) groups is 2. The molecule has 7 heteroatoms. The van der Waals surface area contributed by atoms with Crippen molar-refractivity contribution in [2.45, 2.75) is 18.9 Å². The van der Waals surface area contributed by atoms with Crippen LogP contribution >= 0.6 is 0 Å². The number of anilines is 1. The Kier molecular flexibility index (Phi) is 5.16. The van der Waals surface area contributed by atoms with Crippen LogP contribution in [0, 0.1) is 11.6 Å². The lowest BCUT2D eigenvalue weighted by Gasteiger charge is -2.24. The first-order valence-corrected chi connectivity index (χ1v) is 8.20. The first kappa shape index (κ1) is 17.8. The van der Waals surface area contributed by atoms with E-state index in [1.54, 1.807) is 31.4 Å². The number of methoxy groups -OCH3 is 1. The van der Waals surface area contributed by atoms with Crippen LogP contribution in [0.3, 0.4) is 0 Å². The van der Waals surface area contributed by atoms with Gasteiger partial charge in [0.1, 0.15) is 23.4 Å². The second-order valence-electron chi connectivity index (χ2n) is 6.00. The van der Waals surface area contributed by atoms with Crippen LogP contribution in [0.25, 0.3) is 0 Å². The summed E-state index contributed by atoms with van der Waals surface area (Å²) in [7, 11) is 1.55. The summed E-state index contributed by atoms with van der Waals surface area (Å²) in [4.78, 5) is 26.5. The van der Waals surface area contributed by atoms with Crippen LogP contribution in [0.5, 0.6) is 5.75 Å². The molecule has 1 unspecified atom stereocenters. The van der Waals surface area contributed by atoms with Gasteiger partial charge in [0, 0.05) is 18.3 Å². The topological polar surface area (TPSA) is 58.6 Å². The lowest BCUT2D eigenvalue weighted by molar-refractivity contribution is -0.119. The van der Waals surface area contributed by atoms with E-state index in [4.69, 9.17) is 4.74 Å². The van der Waals surface area contributed by atoms with E-state index in [1.165, 1.54) is 4.90 Å². The van der Waals surface area contributed by atoms with E-state index in [0.29, 0.717) is 36.9 Å². The predicted molar refractivity (Wildman–Crippen MR) is 92.0 cm³/mol. The van der Waals surface area contributed by atoms with Crippen LogP contribution in [0.1, 0.15) is 23.2 Å². The number of carbonyl (C=O) groups excluding carboxylic acids is 2. The summed E-state index contributed by atoms with van der Waals surface area (Å²) >= 11 is 0. The fourth-order valence-corrected chi connectivity index (χ4v) is 3.00. The molecule has 2 aromatic carbocycles. The Morgan fingerprint density at radius 1 is 1.15 bits per heavy atom. The quantitative estimate of drug-likeness (QED) is 0.911. The monoisotopic (exact) mass is 360 g/mol. The van der Waals surface area contributed by atoms with Gasteiger partial charge in [-0.15, -0.1) is 0 Å². The van der Waals surface area contributed by atoms with E-state index in [1.807, 2.05) is 0 Å². The molecule has 1 atom stereocenters. The van der Waals surface area contributed by atoms with Crippen LogP contribution in [-0.4, -0.2) is 36.4 Å². The van der Waals surface area contributed by atoms with E-state index in [2.05, 4.69) is 5.32 Å². The number of hydrogen-bond donors (Lipinski definition) is 1. The normalized spacial score (nSPS) is 16.4. The molecule has 5 nitrogen and oxygen atoms in total. The van der Waals surface area contributed by atoms with Crippen molar-refractivity contribution in [1.29, 1.82) is 0 Å². The molecule has 1 N–H and O–H groups in total. The van der Waals surface area contributed by atoms with Crippen LogP contribution in [0.4, 0.5) is 14.5 Å². The molecule has 1 aliphatic rings. The van der Waals surface area contributed by atoms with Gasteiger partial charge in [-0.25, -0.2) is 8.78 Å². The molecule has 0 aromatic heterocycles. The molecule has 136 valence electrons. The lowest BCUT2D eigenvalue weighted by atomic mass is 10.1. The molecule has 1 heterocycles. The lowest BCUT2D eigenvalue weighted by Crippen LogP contribution is -2.43. The molecule has 2 amide bonds. The maximum Gasteiger partial charge on any atom is 0.257 e. The standard InChI is InChI=1S/C19H18F2N2O3/c1-26-14-7-5-13(6-8-14)22-18(24)17-3-2-10-23(17)19(25)15-9-4-12(20)11-16(15)21/h4-9,11,17H,2-3,10H2,1H3,(H,22,24). The third-order valence-electron chi connectivity index (χ3n) is 4.34. The van der Waals surface area contributed by atoms with Crippen LogP contribution in [0.15, 0.2) is 42.5 Å². The summed E-state index contributed by atoms with van der Waals surface area (Å²) in [5.41, 5.74) is 0.332. The fraction of sp³-hybridized carbons (Fsp3) is 0.263. The second kappa shape index (κ2) is 7.51. The summed E-state index contributed by atoms with van der Waals surface area (Å²) in [5.74, 6) is -1.99. The maximum atomic E-state index is 13.9. The predicted octanol–water partition coefficient (Wildman–Crippen LogP) is 3.22. The molecule has 1 aliphatic heterocycles. The van der Waals surface area contributed by atoms with Crippen LogP contribution in [0.2, 0.25) is 0 Å². The number of hydrogen-bond acceptors (Lipinski definition) is 3. The molecule has 26 heavy (non-hydrogen) atoms. The minimum atomic E-state index is -0.934. The highest BCUT2D eigenvalue weighted by molar-refractivity contribution is 6.01. The van der Waals surface area contributed by atoms with Gasteiger partial charge >= 0.3 is 0 Å². The molecular formula is C19H18F2N2O3. The number of rotatable bonds is 4. The van der Waals surface area contributed by atoms with E-state index < -0.39 is 23.6 Å². The zero-order valence-corrected chi connectivity index (χ0v) is 14.2. The molecule has 0 saturated carbocycles. The summed E-state index contributed by atoms with van der Waals surface area (Å²) in [6, 6.07) is 8.89. The third-order valence-corrected chi connectivity index (χ3v) is 4.34. The maximum absolute atomic E-state index is 13.9. The molecule has 1 saturated heterocycles. The van der Waals surface area contributed by atoms with Gasteiger partial charge in [-0.05, 0) is 49.2 Å². The third kappa shape index (κ3) is 3.66. The largest absolute Gasteiger partial charge is 0.497 e. The zero-order valence-electron chi connectivity index (χ0n) is 14.2. The van der Waals surface area contributed by atoms with Crippen LogP contribution < -0.4 is 10.1 Å². The first-order chi connectivity index (χ1) is 12.5. The molecule has 3 rings (SSSR count). The van der Waals surface area contributed by atoms with Crippen molar-refractivity contribution in [2.24, 2.45) is 0 Å². The highest BCUT2D eigenvalue weighted by Gasteiger charge is 2.35. The van der Waals surface area contributed by atoms with E-state index in [9.17, 15) is 18.4 Å². The van der Waals surface area contributed by atoms with Crippen molar-refractivity contribution < 1.29 is 23.1 Å². The minimum Gasteiger partial charge on any atom is -0.497 e. The molecule has 0 spiro atoms. The Labute approximate surface area is 149 Å². The Hall–Kier alpha value is -2.96. The van der Waals surface area contributed by atoms with Gasteiger partial charge < -0.3 is 15.0 Å². The average molecular weight is 360 g/mol. The summed E-state index contributed by atoms with van der Waals surface area (Å²) < 4.78 is 32.0. The molecule has 0 aliphatic carbocycles. The Morgan fingerprint density at radius 3 is 2.54 bits per heavy atom. The molecule has 2 aromatic rings. The number of benzene rings is 2.